The number of carbonyl (C=O) groups excluding carboxylic acids is 1. The van der Waals surface area contributed by atoms with Crippen LogP contribution in [-0.4, -0.2) is 35.3 Å². The highest BCUT2D eigenvalue weighted by Crippen LogP contribution is 2.25. The number of nitrogens with zero attached hydrogens (tertiary/aromatic N) is 1. The number of nitrogens with two attached hydrogens (primary N) is 1. The van der Waals surface area contributed by atoms with E-state index in [1.165, 1.54) is 0 Å². The molecule has 0 saturated heterocycles. The number of H-pyrrole nitrogens is 1. The normalized spacial score (nSPS) is 12.0. The fourth-order valence-electron chi connectivity index (χ4n) is 2.28. The predicted molar refractivity (Wildman–Crippen MR) is 94.6 cm³/mol. The van der Waals surface area contributed by atoms with Crippen molar-refractivity contribution in [2.75, 3.05) is 13.2 Å². The Morgan fingerprint density at radius 3 is 2.88 bits per heavy atom. The summed E-state index contributed by atoms with van der Waals surface area (Å²) in [6.45, 7) is 4.94. The van der Waals surface area contributed by atoms with Crippen molar-refractivity contribution in [1.82, 2.24) is 15.5 Å². The number of aromatic amines is 1. The van der Waals surface area contributed by atoms with Gasteiger partial charge < -0.3 is 15.8 Å². The molecule has 130 valence electrons. The van der Waals surface area contributed by atoms with Gasteiger partial charge in [-0.05, 0) is 51.1 Å². The van der Waals surface area contributed by atoms with E-state index in [-0.39, 0.29) is 11.9 Å². The van der Waals surface area contributed by atoms with Gasteiger partial charge in [-0.15, -0.1) is 0 Å². The van der Waals surface area contributed by atoms with Crippen molar-refractivity contribution in [3.05, 3.63) is 46.2 Å². The molecule has 1 amide bonds. The molecule has 6 nitrogen and oxygen atoms in total. The fourth-order valence-corrected chi connectivity index (χ4v) is 2.51. The molecule has 0 fully saturated rings. The molecule has 1 heterocycles. The highest BCUT2D eigenvalue weighted by atomic mass is 35.5. The third-order valence-corrected chi connectivity index (χ3v) is 3.75. The van der Waals surface area contributed by atoms with Crippen LogP contribution in [0, 0.1) is 6.92 Å². The molecule has 0 aliphatic rings. The SMILES string of the molecule is Cc1cc(CC(C)NC(=O)c2ccc(OCCCN)c(Cl)c2)n[nH]1. The molecule has 2 aromatic rings. The Morgan fingerprint density at radius 1 is 1.46 bits per heavy atom. The first-order valence-corrected chi connectivity index (χ1v) is 8.31. The lowest BCUT2D eigenvalue weighted by atomic mass is 10.1. The van der Waals surface area contributed by atoms with Crippen molar-refractivity contribution in [1.29, 1.82) is 0 Å². The number of aromatic nitrogens is 2. The Balaban J connectivity index is 1.92. The van der Waals surface area contributed by atoms with Gasteiger partial charge in [0, 0.05) is 23.7 Å². The summed E-state index contributed by atoms with van der Waals surface area (Å²) in [4.78, 5) is 12.3. The second kappa shape index (κ2) is 8.70. The smallest absolute Gasteiger partial charge is 0.251 e. The number of hydrogen-bond acceptors (Lipinski definition) is 4. The molecule has 1 aromatic heterocycles. The molecule has 0 aliphatic carbocycles. The highest BCUT2D eigenvalue weighted by Gasteiger charge is 2.13. The van der Waals surface area contributed by atoms with E-state index in [4.69, 9.17) is 22.1 Å². The summed E-state index contributed by atoms with van der Waals surface area (Å²) in [6, 6.07) is 6.94. The van der Waals surface area contributed by atoms with Crippen molar-refractivity contribution in [2.45, 2.75) is 32.7 Å². The maximum Gasteiger partial charge on any atom is 0.251 e. The zero-order valence-corrected chi connectivity index (χ0v) is 14.7. The monoisotopic (exact) mass is 350 g/mol. The maximum absolute atomic E-state index is 12.3. The Hall–Kier alpha value is -2.05. The summed E-state index contributed by atoms with van der Waals surface area (Å²) in [5, 5.41) is 10.4. The number of aryl methyl sites for hydroxylation is 1. The zero-order valence-electron chi connectivity index (χ0n) is 13.9. The first-order chi connectivity index (χ1) is 11.5. The van der Waals surface area contributed by atoms with Gasteiger partial charge in [-0.1, -0.05) is 11.6 Å². The van der Waals surface area contributed by atoms with Crippen molar-refractivity contribution in [3.8, 4) is 5.75 Å². The lowest BCUT2D eigenvalue weighted by molar-refractivity contribution is 0.0940. The Kier molecular flexibility index (Phi) is 6.63. The molecule has 2 rings (SSSR count). The topological polar surface area (TPSA) is 93.0 Å². The Labute approximate surface area is 146 Å². The minimum atomic E-state index is -0.176. The number of benzene rings is 1. The quantitative estimate of drug-likeness (QED) is 0.637. The van der Waals surface area contributed by atoms with Crippen LogP contribution in [0.15, 0.2) is 24.3 Å². The first-order valence-electron chi connectivity index (χ1n) is 7.93. The predicted octanol–water partition coefficient (Wildman–Crippen LogP) is 2.46. The van der Waals surface area contributed by atoms with Crippen LogP contribution < -0.4 is 15.8 Å². The average Bonchev–Trinajstić information content (AvgIpc) is 2.93. The Morgan fingerprint density at radius 2 is 2.25 bits per heavy atom. The van der Waals surface area contributed by atoms with E-state index in [1.54, 1.807) is 18.2 Å². The summed E-state index contributed by atoms with van der Waals surface area (Å²) < 4.78 is 5.52. The molecular formula is C17H23ClN4O2. The van der Waals surface area contributed by atoms with E-state index in [9.17, 15) is 4.79 Å². The zero-order chi connectivity index (χ0) is 17.5. The molecule has 0 radical (unpaired) electrons. The second-order valence-corrected chi connectivity index (χ2v) is 6.16. The fraction of sp³-hybridized carbons (Fsp3) is 0.412. The molecule has 0 aliphatic heterocycles. The van der Waals surface area contributed by atoms with E-state index >= 15 is 0 Å². The van der Waals surface area contributed by atoms with E-state index in [1.807, 2.05) is 19.9 Å². The van der Waals surface area contributed by atoms with Crippen molar-refractivity contribution in [3.63, 3.8) is 0 Å². The lowest BCUT2D eigenvalue weighted by Crippen LogP contribution is -2.34. The molecule has 7 heteroatoms. The summed E-state index contributed by atoms with van der Waals surface area (Å²) >= 11 is 6.17. The minimum Gasteiger partial charge on any atom is -0.492 e. The van der Waals surface area contributed by atoms with Gasteiger partial charge in [0.2, 0.25) is 0 Å². The van der Waals surface area contributed by atoms with Gasteiger partial charge in [0.25, 0.3) is 5.91 Å². The van der Waals surface area contributed by atoms with Crippen LogP contribution in [0.25, 0.3) is 0 Å². The van der Waals surface area contributed by atoms with Crippen LogP contribution in [0.5, 0.6) is 5.75 Å². The molecule has 0 bridgehead atoms. The number of nitrogens with one attached hydrogen (secondary N) is 2. The summed E-state index contributed by atoms with van der Waals surface area (Å²) in [7, 11) is 0. The number of ether oxygens (including phenoxy) is 1. The van der Waals surface area contributed by atoms with E-state index in [0.717, 1.165) is 17.8 Å². The van der Waals surface area contributed by atoms with E-state index in [0.29, 0.717) is 35.9 Å². The second-order valence-electron chi connectivity index (χ2n) is 5.76. The molecule has 0 saturated carbocycles. The van der Waals surface area contributed by atoms with Gasteiger partial charge in [0.15, 0.2) is 0 Å². The van der Waals surface area contributed by atoms with Gasteiger partial charge >= 0.3 is 0 Å². The molecule has 1 aromatic carbocycles. The lowest BCUT2D eigenvalue weighted by Gasteiger charge is -2.13. The van der Waals surface area contributed by atoms with Crippen molar-refractivity contribution < 1.29 is 9.53 Å². The highest BCUT2D eigenvalue weighted by molar-refractivity contribution is 6.32. The average molecular weight is 351 g/mol. The largest absolute Gasteiger partial charge is 0.492 e. The molecule has 1 unspecified atom stereocenters. The first kappa shape index (κ1) is 18.3. The number of hydrogen-bond donors (Lipinski definition) is 3. The molecule has 24 heavy (non-hydrogen) atoms. The Bertz CT molecular complexity index is 687. The van der Waals surface area contributed by atoms with Crippen LogP contribution >= 0.6 is 11.6 Å². The number of carbonyl (C=O) groups is 1. The van der Waals surface area contributed by atoms with Crippen LogP contribution in [0.4, 0.5) is 0 Å². The van der Waals surface area contributed by atoms with Crippen molar-refractivity contribution in [2.24, 2.45) is 5.73 Å². The van der Waals surface area contributed by atoms with Gasteiger partial charge in [0.1, 0.15) is 5.75 Å². The van der Waals surface area contributed by atoms with Gasteiger partial charge in [-0.25, -0.2) is 0 Å². The maximum atomic E-state index is 12.3. The van der Waals surface area contributed by atoms with Crippen LogP contribution in [-0.2, 0) is 6.42 Å². The molecule has 0 spiro atoms. The summed E-state index contributed by atoms with van der Waals surface area (Å²) in [6.07, 6.45) is 1.41. The standard InChI is InChI=1S/C17H23ClN4O2/c1-11(8-14-9-12(2)21-22-14)20-17(23)13-4-5-16(15(18)10-13)24-7-3-6-19/h4-5,9-11H,3,6-8,19H2,1-2H3,(H,20,23)(H,21,22). The minimum absolute atomic E-state index is 0.0422. The number of rotatable bonds is 8. The van der Waals surface area contributed by atoms with Crippen LogP contribution in [0.1, 0.15) is 35.1 Å². The van der Waals surface area contributed by atoms with E-state index in [2.05, 4.69) is 15.5 Å². The van der Waals surface area contributed by atoms with Gasteiger partial charge in [-0.2, -0.15) is 5.10 Å². The molecular weight excluding hydrogens is 328 g/mol. The third kappa shape index (κ3) is 5.25. The number of halogens is 1. The van der Waals surface area contributed by atoms with E-state index < -0.39 is 0 Å². The van der Waals surface area contributed by atoms with Gasteiger partial charge in [-0.3, -0.25) is 9.89 Å². The number of amides is 1. The summed E-state index contributed by atoms with van der Waals surface area (Å²) in [5.41, 5.74) is 7.84. The van der Waals surface area contributed by atoms with Crippen LogP contribution in [0.2, 0.25) is 5.02 Å². The molecule has 4 N–H and O–H groups in total. The summed E-state index contributed by atoms with van der Waals surface area (Å²) in [5.74, 6) is 0.381. The third-order valence-electron chi connectivity index (χ3n) is 3.45. The van der Waals surface area contributed by atoms with Crippen LogP contribution in [0.3, 0.4) is 0 Å². The molecule has 1 atom stereocenters. The van der Waals surface area contributed by atoms with Crippen molar-refractivity contribution >= 4 is 17.5 Å². The van der Waals surface area contributed by atoms with Gasteiger partial charge in [0.05, 0.1) is 17.3 Å².